The maximum atomic E-state index is 5.71. The van der Waals surface area contributed by atoms with Crippen molar-refractivity contribution in [3.05, 3.63) is 29.8 Å². The molecule has 2 atom stereocenters. The molecule has 0 spiro atoms. The zero-order chi connectivity index (χ0) is 14.4. The SMILES string of the molecule is CCNC(c1ccc(OC(C)C)cc1)C1CCCOC1. The Morgan fingerprint density at radius 2 is 2.05 bits per heavy atom. The molecule has 0 radical (unpaired) electrons. The van der Waals surface area contributed by atoms with Gasteiger partial charge in [0.2, 0.25) is 0 Å². The van der Waals surface area contributed by atoms with E-state index in [0.717, 1.165) is 25.5 Å². The highest BCUT2D eigenvalue weighted by atomic mass is 16.5. The van der Waals surface area contributed by atoms with Crippen LogP contribution in [0.3, 0.4) is 0 Å². The molecule has 1 heterocycles. The molecule has 20 heavy (non-hydrogen) atoms. The fourth-order valence-corrected chi connectivity index (χ4v) is 2.83. The van der Waals surface area contributed by atoms with E-state index in [0.29, 0.717) is 12.0 Å². The Labute approximate surface area is 122 Å². The summed E-state index contributed by atoms with van der Waals surface area (Å²) < 4.78 is 11.4. The molecular weight excluding hydrogens is 250 g/mol. The van der Waals surface area contributed by atoms with Gasteiger partial charge in [-0.1, -0.05) is 19.1 Å². The maximum Gasteiger partial charge on any atom is 0.119 e. The summed E-state index contributed by atoms with van der Waals surface area (Å²) in [6.45, 7) is 9.01. The van der Waals surface area contributed by atoms with E-state index in [1.165, 1.54) is 18.4 Å². The summed E-state index contributed by atoms with van der Waals surface area (Å²) in [7, 11) is 0. The highest BCUT2D eigenvalue weighted by molar-refractivity contribution is 5.29. The summed E-state index contributed by atoms with van der Waals surface area (Å²) in [6, 6.07) is 8.89. The molecule has 1 saturated heterocycles. The van der Waals surface area contributed by atoms with E-state index < -0.39 is 0 Å². The van der Waals surface area contributed by atoms with Crippen molar-refractivity contribution in [3.8, 4) is 5.75 Å². The molecule has 1 aromatic rings. The first-order chi connectivity index (χ1) is 9.70. The van der Waals surface area contributed by atoms with Crippen molar-refractivity contribution >= 4 is 0 Å². The molecule has 1 N–H and O–H groups in total. The van der Waals surface area contributed by atoms with Gasteiger partial charge in [-0.05, 0) is 50.9 Å². The van der Waals surface area contributed by atoms with Gasteiger partial charge in [-0.2, -0.15) is 0 Å². The van der Waals surface area contributed by atoms with Crippen molar-refractivity contribution in [2.75, 3.05) is 19.8 Å². The first kappa shape index (κ1) is 15.3. The predicted molar refractivity (Wildman–Crippen MR) is 82.2 cm³/mol. The molecule has 1 aliphatic rings. The van der Waals surface area contributed by atoms with E-state index >= 15 is 0 Å². The zero-order valence-corrected chi connectivity index (χ0v) is 12.9. The highest BCUT2D eigenvalue weighted by Gasteiger charge is 2.24. The molecule has 1 aliphatic heterocycles. The smallest absolute Gasteiger partial charge is 0.119 e. The van der Waals surface area contributed by atoms with Crippen LogP contribution in [-0.2, 0) is 4.74 Å². The fraction of sp³-hybridized carbons (Fsp3) is 0.647. The number of ether oxygens (including phenoxy) is 2. The van der Waals surface area contributed by atoms with Gasteiger partial charge in [0.15, 0.2) is 0 Å². The lowest BCUT2D eigenvalue weighted by atomic mass is 9.88. The number of rotatable bonds is 6. The minimum absolute atomic E-state index is 0.220. The third-order valence-electron chi connectivity index (χ3n) is 3.70. The van der Waals surface area contributed by atoms with Crippen molar-refractivity contribution in [2.24, 2.45) is 5.92 Å². The van der Waals surface area contributed by atoms with Gasteiger partial charge in [-0.15, -0.1) is 0 Å². The predicted octanol–water partition coefficient (Wildman–Crippen LogP) is 3.55. The van der Waals surface area contributed by atoms with Crippen LogP contribution in [-0.4, -0.2) is 25.9 Å². The maximum absolute atomic E-state index is 5.71. The normalized spacial score (nSPS) is 20.9. The minimum Gasteiger partial charge on any atom is -0.491 e. The molecule has 0 aliphatic carbocycles. The monoisotopic (exact) mass is 277 g/mol. The number of hydrogen-bond donors (Lipinski definition) is 1. The molecule has 3 nitrogen and oxygen atoms in total. The van der Waals surface area contributed by atoms with Gasteiger partial charge < -0.3 is 14.8 Å². The summed E-state index contributed by atoms with van der Waals surface area (Å²) in [5, 5.41) is 3.61. The van der Waals surface area contributed by atoms with Gasteiger partial charge in [-0.3, -0.25) is 0 Å². The Hall–Kier alpha value is -1.06. The van der Waals surface area contributed by atoms with E-state index in [1.54, 1.807) is 0 Å². The average Bonchev–Trinajstić information content (AvgIpc) is 2.46. The summed E-state index contributed by atoms with van der Waals surface area (Å²) in [5.41, 5.74) is 1.33. The number of benzene rings is 1. The van der Waals surface area contributed by atoms with Gasteiger partial charge >= 0.3 is 0 Å². The quantitative estimate of drug-likeness (QED) is 0.862. The summed E-state index contributed by atoms with van der Waals surface area (Å²) in [4.78, 5) is 0. The molecule has 0 bridgehead atoms. The van der Waals surface area contributed by atoms with Crippen LogP contribution in [0.5, 0.6) is 5.75 Å². The first-order valence-electron chi connectivity index (χ1n) is 7.78. The molecule has 0 amide bonds. The Morgan fingerprint density at radius 1 is 1.30 bits per heavy atom. The van der Waals surface area contributed by atoms with Crippen LogP contribution in [0, 0.1) is 5.92 Å². The Balaban J connectivity index is 2.07. The molecule has 0 aromatic heterocycles. The lowest BCUT2D eigenvalue weighted by Gasteiger charge is -2.31. The molecule has 3 heteroatoms. The largest absolute Gasteiger partial charge is 0.491 e. The van der Waals surface area contributed by atoms with Crippen molar-refractivity contribution in [2.45, 2.75) is 45.8 Å². The third-order valence-corrected chi connectivity index (χ3v) is 3.70. The minimum atomic E-state index is 0.220. The number of hydrogen-bond acceptors (Lipinski definition) is 3. The third kappa shape index (κ3) is 4.22. The number of nitrogens with one attached hydrogen (secondary N) is 1. The van der Waals surface area contributed by atoms with Crippen molar-refractivity contribution in [3.63, 3.8) is 0 Å². The van der Waals surface area contributed by atoms with E-state index in [1.807, 2.05) is 0 Å². The molecule has 1 fully saturated rings. The second kappa shape index (κ2) is 7.65. The van der Waals surface area contributed by atoms with Crippen LogP contribution >= 0.6 is 0 Å². The summed E-state index contributed by atoms with van der Waals surface area (Å²) in [5.74, 6) is 1.51. The highest BCUT2D eigenvalue weighted by Crippen LogP contribution is 2.30. The Morgan fingerprint density at radius 3 is 2.60 bits per heavy atom. The molecule has 2 rings (SSSR count). The van der Waals surface area contributed by atoms with Crippen LogP contribution in [0.15, 0.2) is 24.3 Å². The van der Waals surface area contributed by atoms with Crippen LogP contribution in [0.4, 0.5) is 0 Å². The van der Waals surface area contributed by atoms with Crippen molar-refractivity contribution in [1.82, 2.24) is 5.32 Å². The Bertz CT molecular complexity index is 382. The Kier molecular flexibility index (Phi) is 5.86. The molecule has 112 valence electrons. The van der Waals surface area contributed by atoms with Gasteiger partial charge in [0.05, 0.1) is 12.7 Å². The first-order valence-corrected chi connectivity index (χ1v) is 7.78. The van der Waals surface area contributed by atoms with Gasteiger partial charge in [0.1, 0.15) is 5.75 Å². The molecular formula is C17H27NO2. The zero-order valence-electron chi connectivity index (χ0n) is 12.9. The van der Waals surface area contributed by atoms with Crippen LogP contribution < -0.4 is 10.1 Å². The van der Waals surface area contributed by atoms with Gasteiger partial charge in [-0.25, -0.2) is 0 Å². The van der Waals surface area contributed by atoms with E-state index in [-0.39, 0.29) is 6.10 Å². The lowest BCUT2D eigenvalue weighted by molar-refractivity contribution is 0.0393. The summed E-state index contributed by atoms with van der Waals surface area (Å²) in [6.07, 6.45) is 2.63. The molecule has 0 saturated carbocycles. The van der Waals surface area contributed by atoms with E-state index in [9.17, 15) is 0 Å². The lowest BCUT2D eigenvalue weighted by Crippen LogP contribution is -2.33. The summed E-state index contributed by atoms with van der Waals surface area (Å²) >= 11 is 0. The second-order valence-corrected chi connectivity index (χ2v) is 5.75. The standard InChI is InChI=1S/C17H27NO2/c1-4-18-17(15-6-5-11-19-12-15)14-7-9-16(10-8-14)20-13(2)3/h7-10,13,15,17-18H,4-6,11-12H2,1-3H3. The van der Waals surface area contributed by atoms with Crippen LogP contribution in [0.2, 0.25) is 0 Å². The second-order valence-electron chi connectivity index (χ2n) is 5.75. The fourth-order valence-electron chi connectivity index (χ4n) is 2.83. The van der Waals surface area contributed by atoms with Crippen LogP contribution in [0.25, 0.3) is 0 Å². The van der Waals surface area contributed by atoms with E-state index in [2.05, 4.69) is 50.4 Å². The van der Waals surface area contributed by atoms with E-state index in [4.69, 9.17) is 9.47 Å². The molecule has 2 unspecified atom stereocenters. The van der Waals surface area contributed by atoms with Gasteiger partial charge in [0.25, 0.3) is 0 Å². The van der Waals surface area contributed by atoms with Crippen molar-refractivity contribution < 1.29 is 9.47 Å². The molecule has 1 aromatic carbocycles. The van der Waals surface area contributed by atoms with Crippen LogP contribution in [0.1, 0.15) is 45.2 Å². The van der Waals surface area contributed by atoms with Gasteiger partial charge in [0, 0.05) is 18.6 Å². The topological polar surface area (TPSA) is 30.5 Å². The average molecular weight is 277 g/mol. The van der Waals surface area contributed by atoms with Crippen molar-refractivity contribution in [1.29, 1.82) is 0 Å².